The lowest BCUT2D eigenvalue weighted by molar-refractivity contribution is 0.768. The maximum absolute atomic E-state index is 8.77. The molecule has 2 rings (SSSR count). The average Bonchev–Trinajstić information content (AvgIpc) is 2.78. The number of aromatic nitrogens is 2. The fraction of sp³-hybridized carbons (Fsp3) is 0.231. The quantitative estimate of drug-likeness (QED) is 0.812. The number of hydrogen-bond acceptors (Lipinski definition) is 2. The summed E-state index contributed by atoms with van der Waals surface area (Å²) in [6.07, 6.45) is 1.88. The molecule has 0 fully saturated rings. The molecule has 0 N–H and O–H groups in total. The molecule has 0 bridgehead atoms. The van der Waals surface area contributed by atoms with Gasteiger partial charge in [-0.05, 0) is 30.2 Å². The fourth-order valence-electron chi connectivity index (χ4n) is 1.54. The highest BCUT2D eigenvalue weighted by molar-refractivity contribution is 6.32. The van der Waals surface area contributed by atoms with Gasteiger partial charge in [-0.25, -0.2) is 4.68 Å². The molecule has 0 aliphatic heterocycles. The minimum atomic E-state index is 0.383. The molecule has 0 unspecified atom stereocenters. The smallest absolute Gasteiger partial charge is 0.0992 e. The Morgan fingerprint density at radius 1 is 1.35 bits per heavy atom. The lowest BCUT2D eigenvalue weighted by Crippen LogP contribution is -1.98. The Morgan fingerprint density at radius 2 is 2.12 bits per heavy atom. The summed E-state index contributed by atoms with van der Waals surface area (Å²) in [7, 11) is 0. The third kappa shape index (κ3) is 2.32. The SMILES string of the molecule is CC(C)c1ccn(-c2ccc(C#N)cc2Cl)n1. The molecule has 0 amide bonds. The summed E-state index contributed by atoms with van der Waals surface area (Å²) in [6, 6.07) is 9.21. The van der Waals surface area contributed by atoms with E-state index in [1.807, 2.05) is 12.3 Å². The van der Waals surface area contributed by atoms with Crippen LogP contribution in [0.4, 0.5) is 0 Å². The lowest BCUT2D eigenvalue weighted by atomic mass is 10.1. The molecule has 1 heterocycles. The summed E-state index contributed by atoms with van der Waals surface area (Å²) in [5.74, 6) is 0.383. The van der Waals surface area contributed by atoms with E-state index in [2.05, 4.69) is 25.0 Å². The first-order valence-electron chi connectivity index (χ1n) is 5.37. The van der Waals surface area contributed by atoms with Crippen LogP contribution in [-0.4, -0.2) is 9.78 Å². The molecule has 0 aliphatic carbocycles. The maximum atomic E-state index is 8.77. The molecule has 0 atom stereocenters. The number of nitriles is 1. The maximum Gasteiger partial charge on any atom is 0.0992 e. The minimum Gasteiger partial charge on any atom is -0.239 e. The van der Waals surface area contributed by atoms with Gasteiger partial charge in [0.15, 0.2) is 0 Å². The van der Waals surface area contributed by atoms with Gasteiger partial charge in [-0.3, -0.25) is 0 Å². The van der Waals surface area contributed by atoms with Crippen LogP contribution in [0.3, 0.4) is 0 Å². The van der Waals surface area contributed by atoms with Gasteiger partial charge < -0.3 is 0 Å². The van der Waals surface area contributed by atoms with E-state index in [0.29, 0.717) is 16.5 Å². The number of nitrogens with zero attached hydrogens (tertiary/aromatic N) is 3. The highest BCUT2D eigenvalue weighted by Crippen LogP contribution is 2.22. The fourth-order valence-corrected chi connectivity index (χ4v) is 1.81. The van der Waals surface area contributed by atoms with Crippen LogP contribution in [0.1, 0.15) is 31.0 Å². The van der Waals surface area contributed by atoms with Crippen molar-refractivity contribution in [3.8, 4) is 11.8 Å². The third-order valence-electron chi connectivity index (χ3n) is 2.52. The van der Waals surface area contributed by atoms with Crippen LogP contribution in [-0.2, 0) is 0 Å². The summed E-state index contributed by atoms with van der Waals surface area (Å²) in [6.45, 7) is 4.18. The Kier molecular flexibility index (Phi) is 3.16. The van der Waals surface area contributed by atoms with E-state index in [0.717, 1.165) is 11.4 Å². The van der Waals surface area contributed by atoms with Gasteiger partial charge in [0.1, 0.15) is 0 Å². The van der Waals surface area contributed by atoms with Crippen molar-refractivity contribution in [3.63, 3.8) is 0 Å². The molecule has 2 aromatic rings. The normalized spacial score (nSPS) is 10.5. The number of benzene rings is 1. The molecule has 86 valence electrons. The molecular formula is C13H12ClN3. The second-order valence-corrected chi connectivity index (χ2v) is 4.53. The third-order valence-corrected chi connectivity index (χ3v) is 2.83. The van der Waals surface area contributed by atoms with Crippen molar-refractivity contribution in [1.29, 1.82) is 5.26 Å². The van der Waals surface area contributed by atoms with Crippen molar-refractivity contribution in [2.24, 2.45) is 0 Å². The average molecular weight is 246 g/mol. The van der Waals surface area contributed by atoms with Gasteiger partial charge in [0.05, 0.1) is 28.0 Å². The number of halogens is 1. The molecule has 1 aromatic carbocycles. The van der Waals surface area contributed by atoms with Crippen LogP contribution in [0.25, 0.3) is 5.69 Å². The van der Waals surface area contributed by atoms with E-state index in [1.54, 1.807) is 22.9 Å². The Balaban J connectivity index is 2.43. The van der Waals surface area contributed by atoms with E-state index in [1.165, 1.54) is 0 Å². The highest BCUT2D eigenvalue weighted by atomic mass is 35.5. The zero-order valence-corrected chi connectivity index (χ0v) is 10.4. The van der Waals surface area contributed by atoms with Gasteiger partial charge in [0.2, 0.25) is 0 Å². The van der Waals surface area contributed by atoms with E-state index in [9.17, 15) is 0 Å². The zero-order valence-electron chi connectivity index (χ0n) is 9.68. The Hall–Kier alpha value is -1.79. The zero-order chi connectivity index (χ0) is 12.4. The van der Waals surface area contributed by atoms with E-state index in [4.69, 9.17) is 16.9 Å². The first kappa shape index (κ1) is 11.7. The largest absolute Gasteiger partial charge is 0.239 e. The van der Waals surface area contributed by atoms with Crippen molar-refractivity contribution < 1.29 is 0 Å². The summed E-state index contributed by atoms with van der Waals surface area (Å²) < 4.78 is 1.73. The first-order chi connectivity index (χ1) is 8.11. The van der Waals surface area contributed by atoms with Crippen molar-refractivity contribution in [3.05, 3.63) is 46.7 Å². The Bertz CT molecular complexity index is 579. The molecule has 1 aromatic heterocycles. The summed E-state index contributed by atoms with van der Waals surface area (Å²) in [5, 5.41) is 13.7. The van der Waals surface area contributed by atoms with E-state index >= 15 is 0 Å². The molecule has 0 radical (unpaired) electrons. The van der Waals surface area contributed by atoms with E-state index < -0.39 is 0 Å². The Morgan fingerprint density at radius 3 is 2.65 bits per heavy atom. The molecule has 0 saturated carbocycles. The number of hydrogen-bond donors (Lipinski definition) is 0. The number of rotatable bonds is 2. The van der Waals surface area contributed by atoms with Crippen molar-refractivity contribution in [2.45, 2.75) is 19.8 Å². The summed E-state index contributed by atoms with van der Waals surface area (Å²) in [4.78, 5) is 0. The van der Waals surface area contributed by atoms with Crippen LogP contribution in [0, 0.1) is 11.3 Å². The van der Waals surface area contributed by atoms with E-state index in [-0.39, 0.29) is 0 Å². The van der Waals surface area contributed by atoms with Gasteiger partial charge in [0, 0.05) is 6.20 Å². The lowest BCUT2D eigenvalue weighted by Gasteiger charge is -2.05. The van der Waals surface area contributed by atoms with Crippen LogP contribution < -0.4 is 0 Å². The highest BCUT2D eigenvalue weighted by Gasteiger charge is 2.08. The standard InChI is InChI=1S/C13H12ClN3/c1-9(2)12-5-6-17(16-12)13-4-3-10(8-15)7-11(13)14/h3-7,9H,1-2H3. The molecule has 3 nitrogen and oxygen atoms in total. The van der Waals surface area contributed by atoms with Gasteiger partial charge >= 0.3 is 0 Å². The van der Waals surface area contributed by atoms with Gasteiger partial charge in [-0.1, -0.05) is 25.4 Å². The van der Waals surface area contributed by atoms with Crippen LogP contribution in [0.2, 0.25) is 5.02 Å². The summed E-state index contributed by atoms with van der Waals surface area (Å²) in [5.41, 5.74) is 2.36. The molecular weight excluding hydrogens is 234 g/mol. The molecule has 4 heteroatoms. The Labute approximate surface area is 105 Å². The van der Waals surface area contributed by atoms with Crippen LogP contribution in [0.15, 0.2) is 30.5 Å². The topological polar surface area (TPSA) is 41.6 Å². The predicted octanol–water partition coefficient (Wildman–Crippen LogP) is 3.52. The second kappa shape index (κ2) is 4.60. The summed E-state index contributed by atoms with van der Waals surface area (Å²) >= 11 is 6.12. The molecule has 0 saturated heterocycles. The minimum absolute atomic E-state index is 0.383. The molecule has 0 spiro atoms. The van der Waals surface area contributed by atoms with Crippen LogP contribution in [0.5, 0.6) is 0 Å². The predicted molar refractivity (Wildman–Crippen MR) is 67.4 cm³/mol. The van der Waals surface area contributed by atoms with Crippen molar-refractivity contribution >= 4 is 11.6 Å². The van der Waals surface area contributed by atoms with Gasteiger partial charge in [-0.15, -0.1) is 0 Å². The second-order valence-electron chi connectivity index (χ2n) is 4.12. The monoisotopic (exact) mass is 245 g/mol. The van der Waals surface area contributed by atoms with Gasteiger partial charge in [0.25, 0.3) is 0 Å². The molecule has 0 aliphatic rings. The van der Waals surface area contributed by atoms with Crippen molar-refractivity contribution in [2.75, 3.05) is 0 Å². The first-order valence-corrected chi connectivity index (χ1v) is 5.75. The van der Waals surface area contributed by atoms with Crippen molar-refractivity contribution in [1.82, 2.24) is 9.78 Å². The molecule has 17 heavy (non-hydrogen) atoms. The van der Waals surface area contributed by atoms with Crippen LogP contribution >= 0.6 is 11.6 Å². The van der Waals surface area contributed by atoms with Gasteiger partial charge in [-0.2, -0.15) is 10.4 Å².